The van der Waals surface area contributed by atoms with E-state index in [1.165, 1.54) is 6.42 Å². The van der Waals surface area contributed by atoms with E-state index in [4.69, 9.17) is 5.73 Å². The lowest BCUT2D eigenvalue weighted by Crippen LogP contribution is -2.67. The Labute approximate surface area is 166 Å². The molecule has 1 aromatic carbocycles. The van der Waals surface area contributed by atoms with Gasteiger partial charge in [0.05, 0.1) is 0 Å². The molecule has 0 spiro atoms. The van der Waals surface area contributed by atoms with Gasteiger partial charge in [0.15, 0.2) is 0 Å². The van der Waals surface area contributed by atoms with Gasteiger partial charge in [-0.05, 0) is 36.6 Å². The first-order chi connectivity index (χ1) is 13.6. The molecule has 3 aliphatic heterocycles. The summed E-state index contributed by atoms with van der Waals surface area (Å²) in [7, 11) is 0. The number of nitrogens with zero attached hydrogens (tertiary/aromatic N) is 2. The van der Waals surface area contributed by atoms with Crippen LogP contribution in [0.15, 0.2) is 36.4 Å². The number of unbranched alkanes of at least 4 members (excludes halogenated alkanes) is 1. The summed E-state index contributed by atoms with van der Waals surface area (Å²) in [5.74, 6) is 0.660. The Balaban J connectivity index is 1.39. The Hall–Kier alpha value is -2.60. The fourth-order valence-corrected chi connectivity index (χ4v) is 4.05. The zero-order valence-corrected chi connectivity index (χ0v) is 16.4. The third-order valence-corrected chi connectivity index (χ3v) is 5.55. The first-order valence-corrected chi connectivity index (χ1v) is 10.3. The second-order valence-corrected chi connectivity index (χ2v) is 7.93. The molecule has 2 aromatic rings. The van der Waals surface area contributed by atoms with Gasteiger partial charge in [0, 0.05) is 61.1 Å². The molecule has 0 saturated carbocycles. The number of aromatic nitrogens is 1. The number of hydrogen-bond acceptors (Lipinski definition) is 5. The molecule has 0 aliphatic carbocycles. The van der Waals surface area contributed by atoms with Crippen LogP contribution in [0.25, 0.3) is 0 Å². The summed E-state index contributed by atoms with van der Waals surface area (Å²) in [6.07, 6.45) is 4.17. The van der Waals surface area contributed by atoms with Crippen molar-refractivity contribution in [1.29, 1.82) is 0 Å². The topological polar surface area (TPSA) is 83.3 Å². The standard InChI is InChI=1S/C22H29N5O/c1-2-3-8-24-17-10-18(26-21(23)12-17)9-15-4-6-16(7-5-15)22(28)27-13-19-11-20(14-27)25-19/h4-7,10,12,19-20,25H,2-3,8-9,11,13-14H2,1H3,(H3,23,24,26). The highest BCUT2D eigenvalue weighted by atomic mass is 16.2. The van der Waals surface area contributed by atoms with Gasteiger partial charge in [-0.25, -0.2) is 4.98 Å². The van der Waals surface area contributed by atoms with E-state index in [-0.39, 0.29) is 5.91 Å². The first-order valence-electron chi connectivity index (χ1n) is 10.3. The van der Waals surface area contributed by atoms with Crippen LogP contribution in [0.4, 0.5) is 11.5 Å². The first kappa shape index (κ1) is 18.7. The third-order valence-electron chi connectivity index (χ3n) is 5.55. The monoisotopic (exact) mass is 379 g/mol. The van der Waals surface area contributed by atoms with Crippen LogP contribution in [0, 0.1) is 0 Å². The van der Waals surface area contributed by atoms with Crippen molar-refractivity contribution in [1.82, 2.24) is 15.2 Å². The minimum absolute atomic E-state index is 0.132. The van der Waals surface area contributed by atoms with Gasteiger partial charge in [0.2, 0.25) is 0 Å². The Bertz CT molecular complexity index is 819. The van der Waals surface area contributed by atoms with E-state index in [0.717, 1.165) is 55.0 Å². The Morgan fingerprint density at radius 1 is 1.25 bits per heavy atom. The number of piperazine rings is 1. The van der Waals surface area contributed by atoms with Crippen molar-refractivity contribution in [2.75, 3.05) is 30.7 Å². The molecular formula is C22H29N5O. The van der Waals surface area contributed by atoms with Gasteiger partial charge < -0.3 is 21.3 Å². The molecule has 28 heavy (non-hydrogen) atoms. The van der Waals surface area contributed by atoms with Crippen molar-refractivity contribution in [3.8, 4) is 0 Å². The van der Waals surface area contributed by atoms with E-state index in [0.29, 0.717) is 24.3 Å². The average molecular weight is 380 g/mol. The largest absolute Gasteiger partial charge is 0.385 e. The molecule has 6 heteroatoms. The number of pyridine rings is 1. The molecule has 1 aromatic heterocycles. The molecular weight excluding hydrogens is 350 g/mol. The molecule has 1 amide bonds. The van der Waals surface area contributed by atoms with Crippen LogP contribution in [0.3, 0.4) is 0 Å². The summed E-state index contributed by atoms with van der Waals surface area (Å²) in [4.78, 5) is 19.1. The third kappa shape index (κ3) is 4.28. The molecule has 3 fully saturated rings. The van der Waals surface area contributed by atoms with Crippen LogP contribution in [0.2, 0.25) is 0 Å². The predicted molar refractivity (Wildman–Crippen MR) is 113 cm³/mol. The smallest absolute Gasteiger partial charge is 0.253 e. The maximum Gasteiger partial charge on any atom is 0.253 e. The molecule has 6 nitrogen and oxygen atoms in total. The van der Waals surface area contributed by atoms with Crippen LogP contribution in [-0.2, 0) is 6.42 Å². The highest BCUT2D eigenvalue weighted by Crippen LogP contribution is 2.23. The second kappa shape index (κ2) is 8.19. The van der Waals surface area contributed by atoms with Gasteiger partial charge in [-0.1, -0.05) is 25.5 Å². The van der Waals surface area contributed by atoms with Crippen molar-refractivity contribution in [3.05, 3.63) is 53.2 Å². The number of fused-ring (bicyclic) bond motifs is 2. The summed E-state index contributed by atoms with van der Waals surface area (Å²) in [5.41, 5.74) is 9.80. The van der Waals surface area contributed by atoms with E-state index < -0.39 is 0 Å². The van der Waals surface area contributed by atoms with E-state index in [1.54, 1.807) is 0 Å². The number of hydrogen-bond donors (Lipinski definition) is 3. The van der Waals surface area contributed by atoms with Crippen molar-refractivity contribution >= 4 is 17.4 Å². The van der Waals surface area contributed by atoms with Crippen LogP contribution in [0.5, 0.6) is 0 Å². The summed E-state index contributed by atoms with van der Waals surface area (Å²) in [6, 6.07) is 12.8. The molecule has 0 radical (unpaired) electrons. The fourth-order valence-electron chi connectivity index (χ4n) is 4.05. The number of amides is 1. The molecule has 3 aliphatic rings. The maximum absolute atomic E-state index is 12.7. The Morgan fingerprint density at radius 3 is 2.64 bits per heavy atom. The van der Waals surface area contributed by atoms with Crippen LogP contribution < -0.4 is 16.4 Å². The molecule has 2 atom stereocenters. The highest BCUT2D eigenvalue weighted by Gasteiger charge is 2.38. The quantitative estimate of drug-likeness (QED) is 0.644. The normalized spacial score (nSPS) is 20.5. The molecule has 2 bridgehead atoms. The molecule has 4 N–H and O–H groups in total. The molecule has 4 heterocycles. The summed E-state index contributed by atoms with van der Waals surface area (Å²) in [6.45, 7) is 4.74. The lowest BCUT2D eigenvalue weighted by Gasteiger charge is -2.48. The summed E-state index contributed by atoms with van der Waals surface area (Å²) >= 11 is 0. The highest BCUT2D eigenvalue weighted by molar-refractivity contribution is 5.94. The molecule has 3 saturated heterocycles. The average Bonchev–Trinajstić information content (AvgIpc) is 2.67. The Kier molecular flexibility index (Phi) is 5.48. The number of piperidine rings is 1. The van der Waals surface area contributed by atoms with Gasteiger partial charge in [-0.2, -0.15) is 0 Å². The number of nitrogen functional groups attached to an aromatic ring is 1. The lowest BCUT2D eigenvalue weighted by molar-refractivity contribution is 0.0474. The van der Waals surface area contributed by atoms with E-state index in [2.05, 4.69) is 28.6 Å². The number of carbonyl (C=O) groups excluding carboxylic acids is 1. The van der Waals surface area contributed by atoms with Crippen molar-refractivity contribution in [3.63, 3.8) is 0 Å². The van der Waals surface area contributed by atoms with Gasteiger partial charge in [0.1, 0.15) is 5.82 Å². The minimum Gasteiger partial charge on any atom is -0.385 e. The van der Waals surface area contributed by atoms with Gasteiger partial charge in [0.25, 0.3) is 5.91 Å². The Morgan fingerprint density at radius 2 is 1.96 bits per heavy atom. The van der Waals surface area contributed by atoms with E-state index in [9.17, 15) is 4.79 Å². The van der Waals surface area contributed by atoms with Crippen molar-refractivity contribution in [2.45, 2.75) is 44.7 Å². The zero-order valence-electron chi connectivity index (χ0n) is 16.4. The summed E-state index contributed by atoms with van der Waals surface area (Å²) < 4.78 is 0. The maximum atomic E-state index is 12.7. The zero-order chi connectivity index (χ0) is 19.5. The van der Waals surface area contributed by atoms with Crippen LogP contribution >= 0.6 is 0 Å². The van der Waals surface area contributed by atoms with Crippen molar-refractivity contribution < 1.29 is 4.79 Å². The van der Waals surface area contributed by atoms with Gasteiger partial charge >= 0.3 is 0 Å². The SMILES string of the molecule is CCCCNc1cc(N)nc(Cc2ccc(C(=O)N3CC4CC(C3)N4)cc2)c1. The van der Waals surface area contributed by atoms with E-state index in [1.807, 2.05) is 35.2 Å². The van der Waals surface area contributed by atoms with Crippen LogP contribution in [0.1, 0.15) is 47.8 Å². The van der Waals surface area contributed by atoms with Crippen molar-refractivity contribution in [2.24, 2.45) is 0 Å². The van der Waals surface area contributed by atoms with Gasteiger partial charge in [-0.3, -0.25) is 4.79 Å². The minimum atomic E-state index is 0.132. The number of benzene rings is 1. The van der Waals surface area contributed by atoms with E-state index >= 15 is 0 Å². The number of carbonyl (C=O) groups is 1. The summed E-state index contributed by atoms with van der Waals surface area (Å²) in [5, 5.41) is 6.87. The number of anilines is 2. The fraction of sp³-hybridized carbons (Fsp3) is 0.455. The van der Waals surface area contributed by atoms with Gasteiger partial charge in [-0.15, -0.1) is 0 Å². The number of nitrogens with two attached hydrogens (primary N) is 1. The number of rotatable bonds is 7. The van der Waals surface area contributed by atoms with Crippen LogP contribution in [-0.4, -0.2) is 47.5 Å². The number of nitrogens with one attached hydrogen (secondary N) is 2. The molecule has 5 rings (SSSR count). The predicted octanol–water partition coefficient (Wildman–Crippen LogP) is 2.65. The lowest BCUT2D eigenvalue weighted by atomic mass is 9.91. The molecule has 148 valence electrons. The molecule has 2 unspecified atom stereocenters. The second-order valence-electron chi connectivity index (χ2n) is 7.93.